The molecule has 1 aliphatic rings. The van der Waals surface area contributed by atoms with E-state index in [0.29, 0.717) is 12.2 Å². The SMILES string of the molecule is CC(O)CN1CCOc2c1cccc2C(F)(F)F. The Labute approximate surface area is 103 Å². The summed E-state index contributed by atoms with van der Waals surface area (Å²) in [4.78, 5) is 1.71. The third-order valence-corrected chi connectivity index (χ3v) is 2.73. The number of benzene rings is 1. The predicted molar refractivity (Wildman–Crippen MR) is 60.8 cm³/mol. The lowest BCUT2D eigenvalue weighted by molar-refractivity contribution is -0.139. The van der Waals surface area contributed by atoms with Crippen LogP contribution in [0.15, 0.2) is 18.2 Å². The average molecular weight is 261 g/mol. The molecule has 1 aliphatic heterocycles. The molecule has 0 saturated carbocycles. The van der Waals surface area contributed by atoms with Crippen molar-refractivity contribution in [2.24, 2.45) is 0 Å². The number of aliphatic hydroxyl groups is 1. The van der Waals surface area contributed by atoms with Gasteiger partial charge in [-0.2, -0.15) is 13.2 Å². The van der Waals surface area contributed by atoms with Crippen LogP contribution < -0.4 is 9.64 Å². The molecule has 18 heavy (non-hydrogen) atoms. The number of β-amino-alcohol motifs (C(OH)–C–C–N with tert-alkyl or cyclic N) is 1. The summed E-state index contributed by atoms with van der Waals surface area (Å²) >= 11 is 0. The van der Waals surface area contributed by atoms with E-state index in [1.54, 1.807) is 17.9 Å². The van der Waals surface area contributed by atoms with E-state index in [2.05, 4.69) is 0 Å². The Kier molecular flexibility index (Phi) is 3.38. The zero-order chi connectivity index (χ0) is 13.3. The van der Waals surface area contributed by atoms with E-state index in [-0.39, 0.29) is 18.9 Å². The number of ether oxygens (including phenoxy) is 1. The number of alkyl halides is 3. The monoisotopic (exact) mass is 261 g/mol. The molecular weight excluding hydrogens is 247 g/mol. The first-order valence-electron chi connectivity index (χ1n) is 5.65. The molecule has 100 valence electrons. The van der Waals surface area contributed by atoms with Crippen molar-refractivity contribution >= 4 is 5.69 Å². The number of hydrogen-bond donors (Lipinski definition) is 1. The van der Waals surface area contributed by atoms with Gasteiger partial charge in [-0.3, -0.25) is 0 Å². The smallest absolute Gasteiger partial charge is 0.420 e. The molecule has 0 amide bonds. The van der Waals surface area contributed by atoms with Crippen molar-refractivity contribution in [2.75, 3.05) is 24.6 Å². The maximum atomic E-state index is 12.8. The van der Waals surface area contributed by atoms with Crippen molar-refractivity contribution in [1.29, 1.82) is 0 Å². The average Bonchev–Trinajstić information content (AvgIpc) is 2.26. The van der Waals surface area contributed by atoms with E-state index >= 15 is 0 Å². The summed E-state index contributed by atoms with van der Waals surface area (Å²) < 4.78 is 43.6. The van der Waals surface area contributed by atoms with E-state index in [4.69, 9.17) is 4.74 Å². The van der Waals surface area contributed by atoms with E-state index < -0.39 is 17.8 Å². The van der Waals surface area contributed by atoms with Crippen LogP contribution in [0, 0.1) is 0 Å². The van der Waals surface area contributed by atoms with Gasteiger partial charge in [0.05, 0.1) is 23.9 Å². The first-order chi connectivity index (χ1) is 8.39. The van der Waals surface area contributed by atoms with Gasteiger partial charge in [0.25, 0.3) is 0 Å². The van der Waals surface area contributed by atoms with E-state index in [1.165, 1.54) is 6.07 Å². The minimum absolute atomic E-state index is 0.142. The van der Waals surface area contributed by atoms with Crippen LogP contribution in [0.4, 0.5) is 18.9 Å². The number of anilines is 1. The molecular formula is C12H14F3NO2. The largest absolute Gasteiger partial charge is 0.489 e. The van der Waals surface area contributed by atoms with Crippen molar-refractivity contribution < 1.29 is 23.0 Å². The highest BCUT2D eigenvalue weighted by Gasteiger charge is 2.37. The van der Waals surface area contributed by atoms with Crippen molar-refractivity contribution in [3.63, 3.8) is 0 Å². The zero-order valence-corrected chi connectivity index (χ0v) is 9.87. The predicted octanol–water partition coefficient (Wildman–Crippen LogP) is 2.29. The molecule has 1 N–H and O–H groups in total. The highest BCUT2D eigenvalue weighted by atomic mass is 19.4. The van der Waals surface area contributed by atoms with Crippen LogP contribution in [0.1, 0.15) is 12.5 Å². The fourth-order valence-corrected chi connectivity index (χ4v) is 2.04. The van der Waals surface area contributed by atoms with Crippen LogP contribution in [0.5, 0.6) is 5.75 Å². The maximum Gasteiger partial charge on any atom is 0.420 e. The number of para-hydroxylation sites is 1. The quantitative estimate of drug-likeness (QED) is 0.886. The van der Waals surface area contributed by atoms with Gasteiger partial charge in [0.2, 0.25) is 0 Å². The molecule has 0 fully saturated rings. The summed E-state index contributed by atoms with van der Waals surface area (Å²) in [5, 5.41) is 9.35. The van der Waals surface area contributed by atoms with Crippen molar-refractivity contribution in [3.8, 4) is 5.75 Å². The summed E-state index contributed by atoms with van der Waals surface area (Å²) in [6, 6.07) is 3.93. The molecule has 2 rings (SSSR count). The molecule has 6 heteroatoms. The van der Waals surface area contributed by atoms with Gasteiger partial charge in [-0.25, -0.2) is 0 Å². The van der Waals surface area contributed by atoms with Crippen LogP contribution in [0.25, 0.3) is 0 Å². The second kappa shape index (κ2) is 4.68. The number of aliphatic hydroxyl groups excluding tert-OH is 1. The summed E-state index contributed by atoms with van der Waals surface area (Å²) in [5.41, 5.74) is -0.382. The summed E-state index contributed by atoms with van der Waals surface area (Å²) in [6.07, 6.45) is -5.04. The number of nitrogens with zero attached hydrogens (tertiary/aromatic N) is 1. The lowest BCUT2D eigenvalue weighted by Crippen LogP contribution is -2.38. The molecule has 0 saturated heterocycles. The highest BCUT2D eigenvalue weighted by Crippen LogP contribution is 2.43. The fraction of sp³-hybridized carbons (Fsp3) is 0.500. The first kappa shape index (κ1) is 13.0. The Bertz CT molecular complexity index is 432. The standard InChI is InChI=1S/C12H14F3NO2/c1-8(17)7-16-5-6-18-11-9(12(13,14)15)3-2-4-10(11)16/h2-4,8,17H,5-7H2,1H3. The molecule has 1 aromatic carbocycles. The van der Waals surface area contributed by atoms with Gasteiger partial charge in [-0.05, 0) is 19.1 Å². The second-order valence-corrected chi connectivity index (χ2v) is 4.30. The van der Waals surface area contributed by atoms with Crippen molar-refractivity contribution in [1.82, 2.24) is 0 Å². The van der Waals surface area contributed by atoms with Crippen LogP contribution in [0.3, 0.4) is 0 Å². The Morgan fingerprint density at radius 3 is 2.78 bits per heavy atom. The van der Waals surface area contributed by atoms with Crippen LogP contribution >= 0.6 is 0 Å². The van der Waals surface area contributed by atoms with Crippen LogP contribution in [-0.4, -0.2) is 30.9 Å². The number of hydrogen-bond acceptors (Lipinski definition) is 3. The number of fused-ring (bicyclic) bond motifs is 1. The third kappa shape index (κ3) is 2.53. The van der Waals surface area contributed by atoms with E-state index in [0.717, 1.165) is 6.07 Å². The Hall–Kier alpha value is -1.43. The molecule has 0 radical (unpaired) electrons. The third-order valence-electron chi connectivity index (χ3n) is 2.73. The number of halogens is 3. The molecule has 1 unspecified atom stereocenters. The zero-order valence-electron chi connectivity index (χ0n) is 9.87. The molecule has 0 spiro atoms. The minimum atomic E-state index is -4.43. The summed E-state index contributed by atoms with van der Waals surface area (Å²) in [6.45, 7) is 2.55. The molecule has 0 aliphatic carbocycles. The van der Waals surface area contributed by atoms with Gasteiger partial charge in [0.15, 0.2) is 5.75 Å². The Balaban J connectivity index is 2.41. The Morgan fingerprint density at radius 2 is 2.17 bits per heavy atom. The van der Waals surface area contributed by atoms with Gasteiger partial charge in [-0.15, -0.1) is 0 Å². The summed E-state index contributed by atoms with van der Waals surface area (Å²) in [7, 11) is 0. The maximum absolute atomic E-state index is 12.8. The van der Waals surface area contributed by atoms with Gasteiger partial charge in [-0.1, -0.05) is 6.07 Å². The molecule has 0 aromatic heterocycles. The van der Waals surface area contributed by atoms with E-state index in [9.17, 15) is 18.3 Å². The Morgan fingerprint density at radius 1 is 1.44 bits per heavy atom. The normalized spacial score (nSPS) is 17.1. The molecule has 1 atom stereocenters. The molecule has 3 nitrogen and oxygen atoms in total. The molecule has 1 heterocycles. The lowest BCUT2D eigenvalue weighted by atomic mass is 10.1. The molecule has 1 aromatic rings. The van der Waals surface area contributed by atoms with Crippen LogP contribution in [-0.2, 0) is 6.18 Å². The number of rotatable bonds is 2. The topological polar surface area (TPSA) is 32.7 Å². The van der Waals surface area contributed by atoms with Gasteiger partial charge >= 0.3 is 6.18 Å². The second-order valence-electron chi connectivity index (χ2n) is 4.30. The minimum Gasteiger partial charge on any atom is -0.489 e. The lowest BCUT2D eigenvalue weighted by Gasteiger charge is -2.33. The van der Waals surface area contributed by atoms with Gasteiger partial charge < -0.3 is 14.7 Å². The van der Waals surface area contributed by atoms with Gasteiger partial charge in [0, 0.05) is 6.54 Å². The fourth-order valence-electron chi connectivity index (χ4n) is 2.04. The van der Waals surface area contributed by atoms with Crippen LogP contribution in [0.2, 0.25) is 0 Å². The van der Waals surface area contributed by atoms with Crippen molar-refractivity contribution in [3.05, 3.63) is 23.8 Å². The first-order valence-corrected chi connectivity index (χ1v) is 5.65. The molecule has 0 bridgehead atoms. The van der Waals surface area contributed by atoms with Gasteiger partial charge in [0.1, 0.15) is 6.61 Å². The van der Waals surface area contributed by atoms with Crippen molar-refractivity contribution in [2.45, 2.75) is 19.2 Å². The van der Waals surface area contributed by atoms with E-state index in [1.807, 2.05) is 0 Å². The highest BCUT2D eigenvalue weighted by molar-refractivity contribution is 5.64. The summed E-state index contributed by atoms with van der Waals surface area (Å²) in [5.74, 6) is -0.142.